The summed E-state index contributed by atoms with van der Waals surface area (Å²) in [7, 11) is 1.63. The lowest BCUT2D eigenvalue weighted by atomic mass is 10.0. The molecule has 0 radical (unpaired) electrons. The third-order valence-corrected chi connectivity index (χ3v) is 5.00. The first kappa shape index (κ1) is 17.2. The number of nitrogens with zero attached hydrogens (tertiary/aromatic N) is 1. The number of carbonyl (C=O) groups is 1. The van der Waals surface area contributed by atoms with Crippen LogP contribution < -0.4 is 5.32 Å². The first-order chi connectivity index (χ1) is 13.0. The molecule has 0 saturated heterocycles. The van der Waals surface area contributed by atoms with Gasteiger partial charge in [-0.05, 0) is 60.9 Å². The van der Waals surface area contributed by atoms with Crippen LogP contribution in [0.15, 0.2) is 42.5 Å². The summed E-state index contributed by atoms with van der Waals surface area (Å²) in [6.45, 7) is 4.01. The number of aryl methyl sites for hydroxylation is 2. The van der Waals surface area contributed by atoms with Crippen LogP contribution in [-0.4, -0.2) is 22.9 Å². The fourth-order valence-electron chi connectivity index (χ4n) is 3.51. The van der Waals surface area contributed by atoms with Crippen LogP contribution in [0.2, 0.25) is 0 Å². The molecule has 136 valence electrons. The second-order valence-corrected chi connectivity index (χ2v) is 6.84. The number of carbonyl (C=O) groups excluding carboxylic acids is 1. The number of amides is 1. The predicted octanol–water partition coefficient (Wildman–Crippen LogP) is 4.43. The zero-order valence-corrected chi connectivity index (χ0v) is 15.5. The normalized spacial score (nSPS) is 11.3. The van der Waals surface area contributed by atoms with Crippen LogP contribution in [0, 0.1) is 19.7 Å². The van der Waals surface area contributed by atoms with Crippen LogP contribution >= 0.6 is 0 Å². The van der Waals surface area contributed by atoms with Gasteiger partial charge >= 0.3 is 0 Å². The summed E-state index contributed by atoms with van der Waals surface area (Å²) in [5.74, 6) is -0.284. The summed E-state index contributed by atoms with van der Waals surface area (Å²) in [4.78, 5) is 19.9. The van der Waals surface area contributed by atoms with Crippen molar-refractivity contribution in [2.75, 3.05) is 7.05 Å². The van der Waals surface area contributed by atoms with Gasteiger partial charge in [-0.15, -0.1) is 0 Å². The van der Waals surface area contributed by atoms with E-state index in [4.69, 9.17) is 4.98 Å². The van der Waals surface area contributed by atoms with E-state index in [1.165, 1.54) is 6.07 Å². The van der Waals surface area contributed by atoms with Gasteiger partial charge in [0.2, 0.25) is 5.91 Å². The molecule has 0 fully saturated rings. The molecule has 0 bridgehead atoms. The maximum absolute atomic E-state index is 13.6. The standard InChI is InChI=1S/C22H20FN3O/c1-12-8-20(22-13(2)17-11-15(23)5-7-18(17)26-22)25-19-9-14(4-6-16(12)19)10-21(27)24-3/h4-9,11,26H,10H2,1-3H3,(H,24,27). The Balaban J connectivity index is 1.87. The molecular weight excluding hydrogens is 341 g/mol. The molecule has 0 atom stereocenters. The largest absolute Gasteiger partial charge is 0.359 e. The number of nitrogens with one attached hydrogen (secondary N) is 2. The molecule has 2 aromatic carbocycles. The number of benzene rings is 2. The summed E-state index contributed by atoms with van der Waals surface area (Å²) >= 11 is 0. The molecule has 4 nitrogen and oxygen atoms in total. The van der Waals surface area contributed by atoms with Gasteiger partial charge in [0, 0.05) is 23.3 Å². The van der Waals surface area contributed by atoms with Gasteiger partial charge in [0.25, 0.3) is 0 Å². The van der Waals surface area contributed by atoms with E-state index in [2.05, 4.69) is 10.3 Å². The summed E-state index contributed by atoms with van der Waals surface area (Å²) in [5.41, 5.74) is 6.42. The molecule has 5 heteroatoms. The maximum Gasteiger partial charge on any atom is 0.224 e. The lowest BCUT2D eigenvalue weighted by molar-refractivity contribution is -0.119. The van der Waals surface area contributed by atoms with E-state index in [0.717, 1.165) is 49.9 Å². The highest BCUT2D eigenvalue weighted by molar-refractivity contribution is 5.92. The average Bonchev–Trinajstić information content (AvgIpc) is 2.97. The van der Waals surface area contributed by atoms with E-state index in [9.17, 15) is 9.18 Å². The number of rotatable bonds is 3. The van der Waals surface area contributed by atoms with Crippen molar-refractivity contribution in [3.05, 3.63) is 65.0 Å². The summed E-state index contributed by atoms with van der Waals surface area (Å²) in [5, 5.41) is 4.56. The smallest absolute Gasteiger partial charge is 0.224 e. The van der Waals surface area contributed by atoms with Crippen molar-refractivity contribution in [2.24, 2.45) is 0 Å². The number of aromatic nitrogens is 2. The van der Waals surface area contributed by atoms with Crippen molar-refractivity contribution in [2.45, 2.75) is 20.3 Å². The van der Waals surface area contributed by atoms with Crippen molar-refractivity contribution < 1.29 is 9.18 Å². The second kappa shape index (κ2) is 6.50. The molecule has 0 aliphatic heterocycles. The fourth-order valence-corrected chi connectivity index (χ4v) is 3.51. The number of H-pyrrole nitrogens is 1. The van der Waals surface area contributed by atoms with E-state index in [1.807, 2.05) is 38.1 Å². The average molecular weight is 361 g/mol. The first-order valence-electron chi connectivity index (χ1n) is 8.85. The monoisotopic (exact) mass is 361 g/mol. The lowest BCUT2D eigenvalue weighted by Gasteiger charge is -2.08. The van der Waals surface area contributed by atoms with Gasteiger partial charge in [0.05, 0.1) is 23.3 Å². The summed E-state index contributed by atoms with van der Waals surface area (Å²) < 4.78 is 13.6. The Kier molecular flexibility index (Phi) is 4.15. The Morgan fingerprint density at radius 3 is 2.70 bits per heavy atom. The topological polar surface area (TPSA) is 57.8 Å². The van der Waals surface area contributed by atoms with Crippen molar-refractivity contribution in [1.82, 2.24) is 15.3 Å². The van der Waals surface area contributed by atoms with Gasteiger partial charge in [-0.25, -0.2) is 9.37 Å². The third kappa shape index (κ3) is 3.05. The van der Waals surface area contributed by atoms with Gasteiger partial charge in [-0.2, -0.15) is 0 Å². The van der Waals surface area contributed by atoms with Gasteiger partial charge in [0.1, 0.15) is 5.82 Å². The maximum atomic E-state index is 13.6. The molecule has 2 N–H and O–H groups in total. The summed E-state index contributed by atoms with van der Waals surface area (Å²) in [6, 6.07) is 12.7. The number of hydrogen-bond acceptors (Lipinski definition) is 2. The highest BCUT2D eigenvalue weighted by atomic mass is 19.1. The van der Waals surface area contributed by atoms with Crippen molar-refractivity contribution in [3.8, 4) is 11.4 Å². The van der Waals surface area contributed by atoms with Gasteiger partial charge in [0.15, 0.2) is 0 Å². The molecule has 2 aromatic heterocycles. The molecule has 0 unspecified atom stereocenters. The molecule has 27 heavy (non-hydrogen) atoms. The molecule has 4 aromatic rings. The number of halogens is 1. The fraction of sp³-hybridized carbons (Fsp3) is 0.182. The van der Waals surface area contributed by atoms with Crippen LogP contribution in [0.3, 0.4) is 0 Å². The van der Waals surface area contributed by atoms with E-state index in [1.54, 1.807) is 19.2 Å². The number of aromatic amines is 1. The number of likely N-dealkylation sites (N-methyl/N-ethyl adjacent to an activating group) is 1. The minimum Gasteiger partial charge on any atom is -0.359 e. The van der Waals surface area contributed by atoms with E-state index in [-0.39, 0.29) is 11.7 Å². The van der Waals surface area contributed by atoms with Gasteiger partial charge in [-0.3, -0.25) is 4.79 Å². The second-order valence-electron chi connectivity index (χ2n) is 6.84. The molecule has 0 aliphatic carbocycles. The minimum atomic E-state index is -0.252. The number of fused-ring (bicyclic) bond motifs is 2. The van der Waals surface area contributed by atoms with Crippen molar-refractivity contribution in [1.29, 1.82) is 0 Å². The Morgan fingerprint density at radius 1 is 1.11 bits per heavy atom. The van der Waals surface area contributed by atoms with E-state index in [0.29, 0.717) is 6.42 Å². The molecule has 0 saturated carbocycles. The Morgan fingerprint density at radius 2 is 1.93 bits per heavy atom. The predicted molar refractivity (Wildman–Crippen MR) is 106 cm³/mol. The lowest BCUT2D eigenvalue weighted by Crippen LogP contribution is -2.19. The molecule has 0 aliphatic rings. The molecule has 0 spiro atoms. The Labute approximate surface area is 156 Å². The van der Waals surface area contributed by atoms with Crippen molar-refractivity contribution in [3.63, 3.8) is 0 Å². The highest BCUT2D eigenvalue weighted by Gasteiger charge is 2.14. The van der Waals surface area contributed by atoms with Crippen molar-refractivity contribution >= 4 is 27.7 Å². The number of pyridine rings is 1. The van der Waals surface area contributed by atoms with Crippen LogP contribution in [-0.2, 0) is 11.2 Å². The van der Waals surface area contributed by atoms with Crippen LogP contribution in [0.1, 0.15) is 16.7 Å². The first-order valence-corrected chi connectivity index (χ1v) is 8.85. The molecule has 2 heterocycles. The SMILES string of the molecule is CNC(=O)Cc1ccc2c(C)cc(-c3[nH]c4ccc(F)cc4c3C)nc2c1. The van der Waals surface area contributed by atoms with E-state index >= 15 is 0 Å². The quantitative estimate of drug-likeness (QED) is 0.567. The minimum absolute atomic E-state index is 0.0317. The summed E-state index contributed by atoms with van der Waals surface area (Å²) in [6.07, 6.45) is 0.322. The van der Waals surface area contributed by atoms with Gasteiger partial charge < -0.3 is 10.3 Å². The zero-order chi connectivity index (χ0) is 19.1. The molecule has 4 rings (SSSR count). The van der Waals surface area contributed by atoms with Crippen LogP contribution in [0.25, 0.3) is 33.2 Å². The van der Waals surface area contributed by atoms with Gasteiger partial charge in [-0.1, -0.05) is 12.1 Å². The Bertz CT molecular complexity index is 1190. The number of hydrogen-bond donors (Lipinski definition) is 2. The Hall–Kier alpha value is -3.21. The zero-order valence-electron chi connectivity index (χ0n) is 15.5. The third-order valence-electron chi connectivity index (χ3n) is 5.00. The molecular formula is C22H20FN3O. The highest BCUT2D eigenvalue weighted by Crippen LogP contribution is 2.31. The van der Waals surface area contributed by atoms with Crippen LogP contribution in [0.4, 0.5) is 4.39 Å². The van der Waals surface area contributed by atoms with Crippen LogP contribution in [0.5, 0.6) is 0 Å². The molecule has 1 amide bonds. The van der Waals surface area contributed by atoms with E-state index < -0.39 is 0 Å².